The highest BCUT2D eigenvalue weighted by Gasteiger charge is 2.06. The summed E-state index contributed by atoms with van der Waals surface area (Å²) in [5.74, 6) is 1.61. The molecule has 0 aliphatic heterocycles. The maximum Gasteiger partial charge on any atom is 0.265 e. The summed E-state index contributed by atoms with van der Waals surface area (Å²) < 4.78 is 0.686. The van der Waals surface area contributed by atoms with Gasteiger partial charge >= 0.3 is 0 Å². The molecule has 0 unspecified atom stereocenters. The molecule has 0 aliphatic rings. The summed E-state index contributed by atoms with van der Waals surface area (Å²) in [5.41, 5.74) is -0.0538. The van der Waals surface area contributed by atoms with Crippen LogP contribution in [0.15, 0.2) is 16.1 Å². The standard InChI is InChI=1S/C8H11IN2OS/c1-5(2)3-13-8-6(9)7(12)10-4-11-8/h4-5H,3H2,1-2H3,(H,10,11,12). The van der Waals surface area contributed by atoms with Crippen LogP contribution in [0.4, 0.5) is 0 Å². The number of rotatable bonds is 3. The van der Waals surface area contributed by atoms with Crippen molar-refractivity contribution < 1.29 is 0 Å². The van der Waals surface area contributed by atoms with Crippen LogP contribution in [0.5, 0.6) is 0 Å². The van der Waals surface area contributed by atoms with Gasteiger partial charge in [0.2, 0.25) is 0 Å². The van der Waals surface area contributed by atoms with Crippen LogP contribution in [0.3, 0.4) is 0 Å². The van der Waals surface area contributed by atoms with E-state index >= 15 is 0 Å². The molecule has 0 radical (unpaired) electrons. The smallest absolute Gasteiger partial charge is 0.265 e. The number of H-pyrrole nitrogens is 1. The van der Waals surface area contributed by atoms with Crippen LogP contribution in [0.25, 0.3) is 0 Å². The maximum atomic E-state index is 11.2. The molecule has 1 N–H and O–H groups in total. The minimum atomic E-state index is -0.0538. The lowest BCUT2D eigenvalue weighted by Crippen LogP contribution is -2.11. The van der Waals surface area contributed by atoms with Crippen molar-refractivity contribution in [1.29, 1.82) is 0 Å². The van der Waals surface area contributed by atoms with Crippen LogP contribution in [0.2, 0.25) is 0 Å². The van der Waals surface area contributed by atoms with E-state index in [0.717, 1.165) is 10.8 Å². The van der Waals surface area contributed by atoms with Crippen molar-refractivity contribution in [3.8, 4) is 0 Å². The van der Waals surface area contributed by atoms with Crippen molar-refractivity contribution in [3.05, 3.63) is 20.3 Å². The van der Waals surface area contributed by atoms with Gasteiger partial charge in [0, 0.05) is 5.75 Å². The van der Waals surface area contributed by atoms with E-state index in [1.165, 1.54) is 6.33 Å². The number of nitrogens with zero attached hydrogens (tertiary/aromatic N) is 1. The summed E-state index contributed by atoms with van der Waals surface area (Å²) >= 11 is 3.66. The van der Waals surface area contributed by atoms with Crippen LogP contribution >= 0.6 is 34.4 Å². The minimum Gasteiger partial charge on any atom is -0.312 e. The van der Waals surface area contributed by atoms with Crippen LogP contribution < -0.4 is 5.56 Å². The average Bonchev–Trinajstić information content (AvgIpc) is 2.07. The summed E-state index contributed by atoms with van der Waals surface area (Å²) in [4.78, 5) is 17.8. The van der Waals surface area contributed by atoms with E-state index in [2.05, 4.69) is 23.8 Å². The molecule has 0 saturated carbocycles. The number of thioether (sulfide) groups is 1. The molecule has 5 heteroatoms. The van der Waals surface area contributed by atoms with Crippen molar-refractivity contribution >= 4 is 34.4 Å². The lowest BCUT2D eigenvalue weighted by Gasteiger charge is -2.03. The molecule has 72 valence electrons. The van der Waals surface area contributed by atoms with Gasteiger partial charge < -0.3 is 4.98 Å². The average molecular weight is 310 g/mol. The maximum absolute atomic E-state index is 11.2. The first-order valence-electron chi connectivity index (χ1n) is 3.97. The Kier molecular flexibility index (Phi) is 4.24. The van der Waals surface area contributed by atoms with Gasteiger partial charge in [-0.2, -0.15) is 0 Å². The molecule has 0 saturated heterocycles. The number of hydrogen-bond donors (Lipinski definition) is 1. The molecule has 0 amide bonds. The molecule has 0 aromatic carbocycles. The molecule has 1 heterocycles. The molecule has 1 aromatic rings. The number of nitrogens with one attached hydrogen (secondary N) is 1. The highest BCUT2D eigenvalue weighted by Crippen LogP contribution is 2.20. The van der Waals surface area contributed by atoms with Crippen molar-refractivity contribution in [1.82, 2.24) is 9.97 Å². The zero-order chi connectivity index (χ0) is 9.84. The molecule has 0 atom stereocenters. The van der Waals surface area contributed by atoms with E-state index in [1.54, 1.807) is 11.8 Å². The fourth-order valence-electron chi connectivity index (χ4n) is 0.713. The van der Waals surface area contributed by atoms with E-state index in [-0.39, 0.29) is 5.56 Å². The summed E-state index contributed by atoms with van der Waals surface area (Å²) in [7, 11) is 0. The van der Waals surface area contributed by atoms with Gasteiger partial charge in [0.15, 0.2) is 0 Å². The first-order chi connectivity index (χ1) is 6.11. The third-order valence-electron chi connectivity index (χ3n) is 1.32. The van der Waals surface area contributed by atoms with Gasteiger partial charge in [-0.3, -0.25) is 4.79 Å². The molecular weight excluding hydrogens is 299 g/mol. The molecule has 1 aromatic heterocycles. The van der Waals surface area contributed by atoms with Crippen molar-refractivity contribution in [3.63, 3.8) is 0 Å². The predicted molar refractivity (Wildman–Crippen MR) is 63.1 cm³/mol. The summed E-state index contributed by atoms with van der Waals surface area (Å²) in [6.07, 6.45) is 1.45. The van der Waals surface area contributed by atoms with Crippen molar-refractivity contribution in [2.45, 2.75) is 18.9 Å². The Morgan fingerprint density at radius 1 is 1.69 bits per heavy atom. The van der Waals surface area contributed by atoms with Gasteiger partial charge in [-0.25, -0.2) is 4.98 Å². The summed E-state index contributed by atoms with van der Waals surface area (Å²) in [6.45, 7) is 4.29. The molecule has 0 fully saturated rings. The predicted octanol–water partition coefficient (Wildman–Crippen LogP) is 2.12. The van der Waals surface area contributed by atoms with Crippen molar-refractivity contribution in [2.75, 3.05) is 5.75 Å². The first-order valence-corrected chi connectivity index (χ1v) is 6.03. The third kappa shape index (κ3) is 3.30. The number of aromatic nitrogens is 2. The van der Waals surface area contributed by atoms with Gasteiger partial charge in [-0.05, 0) is 28.5 Å². The summed E-state index contributed by atoms with van der Waals surface area (Å²) in [6, 6.07) is 0. The van der Waals surface area contributed by atoms with Crippen LogP contribution in [0.1, 0.15) is 13.8 Å². The zero-order valence-corrected chi connectivity index (χ0v) is 10.5. The fourth-order valence-corrected chi connectivity index (χ4v) is 2.31. The van der Waals surface area contributed by atoms with E-state index in [9.17, 15) is 4.79 Å². The highest BCUT2D eigenvalue weighted by atomic mass is 127. The Balaban J connectivity index is 2.77. The fraction of sp³-hybridized carbons (Fsp3) is 0.500. The normalized spacial score (nSPS) is 10.8. The molecule has 3 nitrogen and oxygen atoms in total. The number of halogens is 1. The highest BCUT2D eigenvalue weighted by molar-refractivity contribution is 14.1. The quantitative estimate of drug-likeness (QED) is 0.528. The van der Waals surface area contributed by atoms with Crippen molar-refractivity contribution in [2.24, 2.45) is 5.92 Å². The second-order valence-corrected chi connectivity index (χ2v) is 5.14. The second-order valence-electron chi connectivity index (χ2n) is 3.06. The lowest BCUT2D eigenvalue weighted by molar-refractivity contribution is 0.749. The molecule has 13 heavy (non-hydrogen) atoms. The molecule has 1 rings (SSSR count). The third-order valence-corrected chi connectivity index (χ3v) is 4.10. The molecule has 0 spiro atoms. The van der Waals surface area contributed by atoms with E-state index in [4.69, 9.17) is 0 Å². The van der Waals surface area contributed by atoms with E-state index in [1.807, 2.05) is 22.6 Å². The Hall–Kier alpha value is -0.0400. The Morgan fingerprint density at radius 3 is 3.00 bits per heavy atom. The topological polar surface area (TPSA) is 45.8 Å². The monoisotopic (exact) mass is 310 g/mol. The van der Waals surface area contributed by atoms with Gasteiger partial charge in [-0.15, -0.1) is 11.8 Å². The first kappa shape index (κ1) is 11.0. The second kappa shape index (κ2) is 4.99. The minimum absolute atomic E-state index is 0.0538. The summed E-state index contributed by atoms with van der Waals surface area (Å²) in [5, 5.41) is 0.832. The van der Waals surface area contributed by atoms with Crippen LogP contribution in [-0.2, 0) is 0 Å². The van der Waals surface area contributed by atoms with Crippen LogP contribution in [0, 0.1) is 9.49 Å². The lowest BCUT2D eigenvalue weighted by atomic mass is 10.3. The van der Waals surface area contributed by atoms with E-state index in [0.29, 0.717) is 9.49 Å². The van der Waals surface area contributed by atoms with Gasteiger partial charge in [0.05, 0.1) is 6.33 Å². The Morgan fingerprint density at radius 2 is 2.38 bits per heavy atom. The number of hydrogen-bond acceptors (Lipinski definition) is 3. The number of aromatic amines is 1. The molecule has 0 bridgehead atoms. The Bertz CT molecular complexity index is 337. The Labute approximate surface area is 94.9 Å². The largest absolute Gasteiger partial charge is 0.312 e. The van der Waals surface area contributed by atoms with Crippen LogP contribution in [-0.4, -0.2) is 15.7 Å². The van der Waals surface area contributed by atoms with E-state index < -0.39 is 0 Å². The van der Waals surface area contributed by atoms with Gasteiger partial charge in [-0.1, -0.05) is 13.8 Å². The SMILES string of the molecule is CC(C)CSc1nc[nH]c(=O)c1I. The van der Waals surface area contributed by atoms with Gasteiger partial charge in [0.25, 0.3) is 5.56 Å². The zero-order valence-electron chi connectivity index (χ0n) is 7.50. The molecular formula is C8H11IN2OS. The van der Waals surface area contributed by atoms with Gasteiger partial charge in [0.1, 0.15) is 8.60 Å². The molecule has 0 aliphatic carbocycles.